The average molecular weight is 213 g/mol. The highest BCUT2D eigenvalue weighted by atomic mass is 16.5. The van der Waals surface area contributed by atoms with Gasteiger partial charge >= 0.3 is 6.09 Å². The molecule has 0 bridgehead atoms. The molecule has 84 valence electrons. The number of H-pyrrole nitrogens is 1. The fourth-order valence-corrected chi connectivity index (χ4v) is 1.20. The lowest BCUT2D eigenvalue weighted by atomic mass is 10.2. The van der Waals surface area contributed by atoms with Gasteiger partial charge in [-0.05, 0) is 13.8 Å². The standard InChI is InChI=1S/C9H15N3O3/c1-3-15-9(14)10-8-6(2)11-12-7(8)4-5-13/h13H,3-5H2,1-2H3,(H,10,14)(H,11,12). The van der Waals surface area contributed by atoms with E-state index in [1.807, 2.05) is 0 Å². The van der Waals surface area contributed by atoms with Gasteiger partial charge in [0, 0.05) is 13.0 Å². The summed E-state index contributed by atoms with van der Waals surface area (Å²) in [7, 11) is 0. The maximum absolute atomic E-state index is 11.2. The quantitative estimate of drug-likeness (QED) is 0.691. The summed E-state index contributed by atoms with van der Waals surface area (Å²) in [6, 6.07) is 0. The maximum atomic E-state index is 11.2. The first-order valence-corrected chi connectivity index (χ1v) is 4.77. The molecule has 0 aliphatic rings. The molecule has 1 heterocycles. The third-order valence-corrected chi connectivity index (χ3v) is 1.87. The molecule has 1 rings (SSSR count). The molecular formula is C9H15N3O3. The molecule has 0 spiro atoms. The number of amides is 1. The van der Waals surface area contributed by atoms with Gasteiger partial charge in [-0.25, -0.2) is 4.79 Å². The lowest BCUT2D eigenvalue weighted by Gasteiger charge is -2.05. The highest BCUT2D eigenvalue weighted by molar-refractivity contribution is 5.86. The van der Waals surface area contributed by atoms with Crippen molar-refractivity contribution in [1.29, 1.82) is 0 Å². The Morgan fingerprint density at radius 1 is 1.67 bits per heavy atom. The maximum Gasteiger partial charge on any atom is 0.411 e. The number of nitrogens with zero attached hydrogens (tertiary/aromatic N) is 1. The van der Waals surface area contributed by atoms with E-state index in [9.17, 15) is 4.79 Å². The Labute approximate surface area is 87.6 Å². The Balaban J connectivity index is 2.73. The Morgan fingerprint density at radius 2 is 2.40 bits per heavy atom. The summed E-state index contributed by atoms with van der Waals surface area (Å²) in [4.78, 5) is 11.2. The summed E-state index contributed by atoms with van der Waals surface area (Å²) in [5.74, 6) is 0. The van der Waals surface area contributed by atoms with Gasteiger partial charge in [0.15, 0.2) is 0 Å². The second kappa shape index (κ2) is 5.35. The molecule has 0 aromatic carbocycles. The van der Waals surface area contributed by atoms with Gasteiger partial charge in [-0.15, -0.1) is 0 Å². The van der Waals surface area contributed by atoms with Gasteiger partial charge in [0.1, 0.15) is 0 Å². The summed E-state index contributed by atoms with van der Waals surface area (Å²) in [5.41, 5.74) is 1.96. The smallest absolute Gasteiger partial charge is 0.411 e. The molecule has 0 fully saturated rings. The molecular weight excluding hydrogens is 198 g/mol. The van der Waals surface area contributed by atoms with E-state index in [1.54, 1.807) is 13.8 Å². The molecule has 0 unspecified atom stereocenters. The number of hydrogen-bond acceptors (Lipinski definition) is 4. The lowest BCUT2D eigenvalue weighted by Crippen LogP contribution is -2.15. The number of aliphatic hydroxyl groups is 1. The van der Waals surface area contributed by atoms with Crippen molar-refractivity contribution in [3.05, 3.63) is 11.4 Å². The van der Waals surface area contributed by atoms with E-state index in [0.29, 0.717) is 24.4 Å². The monoisotopic (exact) mass is 213 g/mol. The van der Waals surface area contributed by atoms with E-state index in [2.05, 4.69) is 15.5 Å². The Morgan fingerprint density at radius 3 is 3.00 bits per heavy atom. The van der Waals surface area contributed by atoms with E-state index in [0.717, 1.165) is 5.69 Å². The average Bonchev–Trinajstić information content (AvgIpc) is 2.51. The minimum atomic E-state index is -0.513. The highest BCUT2D eigenvalue weighted by Crippen LogP contribution is 2.17. The summed E-state index contributed by atoms with van der Waals surface area (Å²) in [6.07, 6.45) is -0.118. The number of hydrogen-bond donors (Lipinski definition) is 3. The minimum absolute atomic E-state index is 0.0121. The van der Waals surface area contributed by atoms with Gasteiger partial charge in [0.2, 0.25) is 0 Å². The van der Waals surface area contributed by atoms with E-state index >= 15 is 0 Å². The number of aromatic amines is 1. The molecule has 1 aromatic rings. The summed E-state index contributed by atoms with van der Waals surface area (Å²) in [6.45, 7) is 3.83. The second-order valence-electron chi connectivity index (χ2n) is 2.99. The largest absolute Gasteiger partial charge is 0.450 e. The van der Waals surface area contributed by atoms with Gasteiger partial charge in [0.05, 0.1) is 23.7 Å². The molecule has 3 N–H and O–H groups in total. The van der Waals surface area contributed by atoms with E-state index in [1.165, 1.54) is 0 Å². The predicted octanol–water partition coefficient (Wildman–Crippen LogP) is 0.821. The normalized spacial score (nSPS) is 10.1. The molecule has 0 aliphatic heterocycles. The number of ether oxygens (including phenoxy) is 1. The number of aryl methyl sites for hydroxylation is 1. The van der Waals surface area contributed by atoms with Crippen LogP contribution >= 0.6 is 0 Å². The topological polar surface area (TPSA) is 87.2 Å². The summed E-state index contributed by atoms with van der Waals surface area (Å²) < 4.78 is 4.75. The molecule has 0 radical (unpaired) electrons. The van der Waals surface area contributed by atoms with Crippen LogP contribution in [0.2, 0.25) is 0 Å². The van der Waals surface area contributed by atoms with Crippen LogP contribution in [-0.4, -0.2) is 34.6 Å². The van der Waals surface area contributed by atoms with Crippen molar-refractivity contribution in [2.75, 3.05) is 18.5 Å². The number of rotatable bonds is 4. The van der Waals surface area contributed by atoms with Gasteiger partial charge in [-0.1, -0.05) is 0 Å². The molecule has 1 amide bonds. The van der Waals surface area contributed by atoms with Crippen LogP contribution in [0.3, 0.4) is 0 Å². The van der Waals surface area contributed by atoms with Gasteiger partial charge in [-0.2, -0.15) is 5.10 Å². The molecule has 0 saturated heterocycles. The number of carbonyl (C=O) groups is 1. The minimum Gasteiger partial charge on any atom is -0.450 e. The zero-order valence-corrected chi connectivity index (χ0v) is 8.83. The van der Waals surface area contributed by atoms with E-state index in [-0.39, 0.29) is 6.61 Å². The summed E-state index contributed by atoms with van der Waals surface area (Å²) >= 11 is 0. The fraction of sp³-hybridized carbons (Fsp3) is 0.556. The highest BCUT2D eigenvalue weighted by Gasteiger charge is 2.12. The molecule has 6 heteroatoms. The Kier molecular flexibility index (Phi) is 4.11. The van der Waals surface area contributed by atoms with Crippen molar-refractivity contribution < 1.29 is 14.6 Å². The summed E-state index contributed by atoms with van der Waals surface area (Å²) in [5, 5.41) is 18.1. The molecule has 0 atom stereocenters. The van der Waals surface area contributed by atoms with Crippen LogP contribution in [0.1, 0.15) is 18.3 Å². The fourth-order valence-electron chi connectivity index (χ4n) is 1.20. The van der Waals surface area contributed by atoms with Crippen molar-refractivity contribution in [2.45, 2.75) is 20.3 Å². The predicted molar refractivity (Wildman–Crippen MR) is 54.8 cm³/mol. The van der Waals surface area contributed by atoms with Crippen molar-refractivity contribution in [1.82, 2.24) is 10.2 Å². The van der Waals surface area contributed by atoms with E-state index < -0.39 is 6.09 Å². The van der Waals surface area contributed by atoms with Crippen LogP contribution in [0.15, 0.2) is 0 Å². The molecule has 0 saturated carbocycles. The lowest BCUT2D eigenvalue weighted by molar-refractivity contribution is 0.168. The van der Waals surface area contributed by atoms with E-state index in [4.69, 9.17) is 9.84 Å². The number of nitrogens with one attached hydrogen (secondary N) is 2. The number of anilines is 1. The van der Waals surface area contributed by atoms with Gasteiger partial charge in [-0.3, -0.25) is 10.4 Å². The van der Waals surface area contributed by atoms with Crippen LogP contribution in [0.4, 0.5) is 10.5 Å². The van der Waals surface area contributed by atoms with Crippen LogP contribution in [0.5, 0.6) is 0 Å². The van der Waals surface area contributed by atoms with Gasteiger partial charge in [0.25, 0.3) is 0 Å². The Bertz CT molecular complexity index is 335. The molecule has 15 heavy (non-hydrogen) atoms. The van der Waals surface area contributed by atoms with Crippen molar-refractivity contribution in [3.63, 3.8) is 0 Å². The second-order valence-corrected chi connectivity index (χ2v) is 2.99. The Hall–Kier alpha value is -1.56. The first-order chi connectivity index (χ1) is 7.19. The molecule has 6 nitrogen and oxygen atoms in total. The molecule has 1 aromatic heterocycles. The first-order valence-electron chi connectivity index (χ1n) is 4.77. The zero-order valence-electron chi connectivity index (χ0n) is 8.83. The third kappa shape index (κ3) is 2.95. The number of carbonyl (C=O) groups excluding carboxylic acids is 1. The first kappa shape index (κ1) is 11.5. The van der Waals surface area contributed by atoms with Crippen molar-refractivity contribution in [2.24, 2.45) is 0 Å². The number of aromatic nitrogens is 2. The van der Waals surface area contributed by atoms with Crippen molar-refractivity contribution in [3.8, 4) is 0 Å². The van der Waals surface area contributed by atoms with Crippen molar-refractivity contribution >= 4 is 11.8 Å². The number of aliphatic hydroxyl groups excluding tert-OH is 1. The SMILES string of the molecule is CCOC(=O)Nc1c(CCO)n[nH]c1C. The zero-order chi connectivity index (χ0) is 11.3. The molecule has 0 aliphatic carbocycles. The van der Waals surface area contributed by atoms with Crippen LogP contribution in [-0.2, 0) is 11.2 Å². The van der Waals surface area contributed by atoms with Crippen LogP contribution < -0.4 is 5.32 Å². The van der Waals surface area contributed by atoms with Crippen LogP contribution in [0.25, 0.3) is 0 Å². The third-order valence-electron chi connectivity index (χ3n) is 1.87. The van der Waals surface area contributed by atoms with Gasteiger partial charge < -0.3 is 9.84 Å². The van der Waals surface area contributed by atoms with Crippen LogP contribution in [0, 0.1) is 6.92 Å².